The molecule has 26 heavy (non-hydrogen) atoms. The van der Waals surface area contributed by atoms with Gasteiger partial charge in [-0.15, -0.1) is 11.8 Å². The lowest BCUT2D eigenvalue weighted by atomic mass is 10.1. The molecule has 1 amide bonds. The summed E-state index contributed by atoms with van der Waals surface area (Å²) in [5.74, 6) is 3.75. The van der Waals surface area contributed by atoms with Gasteiger partial charge in [0.1, 0.15) is 6.04 Å². The molecule has 4 rings (SSSR count). The molecule has 0 aliphatic carbocycles. The van der Waals surface area contributed by atoms with Crippen LogP contribution in [0.5, 0.6) is 0 Å². The van der Waals surface area contributed by atoms with E-state index in [0.717, 1.165) is 31.1 Å². The first kappa shape index (κ1) is 17.6. The van der Waals surface area contributed by atoms with Crippen molar-refractivity contribution < 1.29 is 4.79 Å². The van der Waals surface area contributed by atoms with Crippen LogP contribution in [-0.2, 0) is 4.79 Å². The molecule has 5 nitrogen and oxygen atoms in total. The van der Waals surface area contributed by atoms with Crippen LogP contribution in [0.15, 0.2) is 24.3 Å². The fourth-order valence-electron chi connectivity index (χ4n) is 3.59. The zero-order valence-corrected chi connectivity index (χ0v) is 16.3. The van der Waals surface area contributed by atoms with E-state index in [1.807, 2.05) is 11.8 Å². The molecule has 1 aromatic rings. The second-order valence-corrected chi connectivity index (χ2v) is 8.86. The lowest BCUT2D eigenvalue weighted by molar-refractivity contribution is -0.129. The van der Waals surface area contributed by atoms with E-state index in [1.165, 1.54) is 22.8 Å². The maximum absolute atomic E-state index is 12.7. The molecule has 1 atom stereocenters. The Bertz CT molecular complexity index is 754. The number of hydrogen-bond acceptors (Lipinski definition) is 6. The van der Waals surface area contributed by atoms with Crippen molar-refractivity contribution in [2.45, 2.75) is 6.04 Å². The molecule has 3 aliphatic rings. The topological polar surface area (TPSA) is 50.6 Å². The molecule has 0 N–H and O–H groups in total. The van der Waals surface area contributed by atoms with Crippen molar-refractivity contribution in [1.29, 1.82) is 5.26 Å². The molecular weight excluding hydrogens is 364 g/mol. The third-order valence-electron chi connectivity index (χ3n) is 5.03. The van der Waals surface area contributed by atoms with Gasteiger partial charge in [-0.3, -0.25) is 4.79 Å². The molecule has 0 spiro atoms. The predicted octanol–water partition coefficient (Wildman–Crippen LogP) is 2.50. The number of hydrogen-bond donors (Lipinski definition) is 0. The minimum atomic E-state index is -0.286. The van der Waals surface area contributed by atoms with E-state index < -0.39 is 0 Å². The minimum Gasteiger partial charge on any atom is -0.370 e. The number of anilines is 2. The fourth-order valence-corrected chi connectivity index (χ4v) is 5.59. The van der Waals surface area contributed by atoms with Gasteiger partial charge in [0.2, 0.25) is 5.91 Å². The molecule has 3 heterocycles. The lowest BCUT2D eigenvalue weighted by Crippen LogP contribution is -2.43. The number of carbonyl (C=O) groups is 1. The summed E-state index contributed by atoms with van der Waals surface area (Å²) >= 11 is 3.66. The van der Waals surface area contributed by atoms with Gasteiger partial charge in [-0.25, -0.2) is 0 Å². The van der Waals surface area contributed by atoms with Crippen molar-refractivity contribution in [2.24, 2.45) is 0 Å². The van der Waals surface area contributed by atoms with Gasteiger partial charge in [0.25, 0.3) is 0 Å². The van der Waals surface area contributed by atoms with Gasteiger partial charge >= 0.3 is 0 Å². The monoisotopic (exact) mass is 386 g/mol. The maximum Gasteiger partial charge on any atom is 0.243 e. The van der Waals surface area contributed by atoms with Crippen molar-refractivity contribution in [1.82, 2.24) is 4.90 Å². The van der Waals surface area contributed by atoms with Gasteiger partial charge in [0.15, 0.2) is 0 Å². The second kappa shape index (κ2) is 7.85. The fraction of sp³-hybridized carbons (Fsp3) is 0.474. The van der Waals surface area contributed by atoms with Crippen LogP contribution in [0, 0.1) is 11.3 Å². The van der Waals surface area contributed by atoms with Crippen LogP contribution in [0.3, 0.4) is 0 Å². The highest BCUT2D eigenvalue weighted by molar-refractivity contribution is 7.99. The summed E-state index contributed by atoms with van der Waals surface area (Å²) in [6, 6.07) is 8.51. The zero-order chi connectivity index (χ0) is 17.9. The van der Waals surface area contributed by atoms with Crippen molar-refractivity contribution >= 4 is 46.9 Å². The number of rotatable bonds is 3. The Kier molecular flexibility index (Phi) is 5.32. The average molecular weight is 387 g/mol. The normalized spacial score (nSPS) is 22.3. The Morgan fingerprint density at radius 3 is 2.92 bits per heavy atom. The summed E-state index contributed by atoms with van der Waals surface area (Å²) < 4.78 is 0. The first-order valence-corrected chi connectivity index (χ1v) is 11.2. The highest BCUT2D eigenvalue weighted by Crippen LogP contribution is 2.31. The van der Waals surface area contributed by atoms with E-state index in [9.17, 15) is 10.1 Å². The number of amides is 1. The largest absolute Gasteiger partial charge is 0.370 e. The Hall–Kier alpha value is -1.78. The molecule has 0 unspecified atom stereocenters. The number of nitrogens with zero attached hydrogens (tertiary/aromatic N) is 4. The van der Waals surface area contributed by atoms with Crippen molar-refractivity contribution in [2.75, 3.05) is 59.1 Å². The lowest BCUT2D eigenvalue weighted by Gasteiger charge is -2.32. The van der Waals surface area contributed by atoms with Crippen molar-refractivity contribution in [3.05, 3.63) is 29.8 Å². The van der Waals surface area contributed by atoms with E-state index in [1.54, 1.807) is 16.7 Å². The summed E-state index contributed by atoms with van der Waals surface area (Å²) in [5.41, 5.74) is 3.55. The smallest absolute Gasteiger partial charge is 0.243 e. The Labute approximate surface area is 163 Å². The average Bonchev–Trinajstić information content (AvgIpc) is 3.17. The molecule has 136 valence electrons. The van der Waals surface area contributed by atoms with E-state index >= 15 is 0 Å². The standard InChI is InChI=1S/C19H22N4OS2/c20-11-17-13-26-14-23(17)19(24)12-22-5-1-2-15-10-16(3-4-18(15)22)21-6-8-25-9-7-21/h1-4,10,17H,5-9,12-14H2/t17-/m1/s1. The quantitative estimate of drug-likeness (QED) is 0.796. The highest BCUT2D eigenvalue weighted by atomic mass is 32.2. The molecule has 0 aromatic heterocycles. The maximum atomic E-state index is 12.7. The van der Waals surface area contributed by atoms with Crippen LogP contribution in [0.25, 0.3) is 6.08 Å². The molecule has 0 radical (unpaired) electrons. The highest BCUT2D eigenvalue weighted by Gasteiger charge is 2.30. The van der Waals surface area contributed by atoms with Crippen LogP contribution < -0.4 is 9.80 Å². The van der Waals surface area contributed by atoms with E-state index in [4.69, 9.17) is 0 Å². The molecule has 0 saturated carbocycles. The van der Waals surface area contributed by atoms with Crippen molar-refractivity contribution in [3.63, 3.8) is 0 Å². The van der Waals surface area contributed by atoms with Gasteiger partial charge in [-0.05, 0) is 23.8 Å². The predicted molar refractivity (Wildman–Crippen MR) is 111 cm³/mol. The summed E-state index contributed by atoms with van der Waals surface area (Å²) in [6.45, 7) is 3.25. The van der Waals surface area contributed by atoms with Crippen LogP contribution >= 0.6 is 23.5 Å². The van der Waals surface area contributed by atoms with Crippen LogP contribution in [0.2, 0.25) is 0 Å². The second-order valence-electron chi connectivity index (χ2n) is 6.63. The van der Waals surface area contributed by atoms with Gasteiger partial charge in [0.05, 0.1) is 18.5 Å². The van der Waals surface area contributed by atoms with Crippen LogP contribution in [-0.4, -0.2) is 66.2 Å². The molecule has 1 aromatic carbocycles. The number of carbonyl (C=O) groups excluding carboxylic acids is 1. The Morgan fingerprint density at radius 1 is 1.27 bits per heavy atom. The molecule has 3 aliphatic heterocycles. The number of nitriles is 1. The van der Waals surface area contributed by atoms with Gasteiger partial charge in [-0.2, -0.15) is 17.0 Å². The van der Waals surface area contributed by atoms with Gasteiger partial charge in [0, 0.05) is 48.3 Å². The third kappa shape index (κ3) is 3.53. The molecule has 0 bridgehead atoms. The third-order valence-corrected chi connectivity index (χ3v) is 6.98. The molecule has 2 fully saturated rings. The Balaban J connectivity index is 1.49. The van der Waals surface area contributed by atoms with E-state index in [-0.39, 0.29) is 11.9 Å². The SMILES string of the molecule is N#C[C@@H]1CSCN1C(=O)CN1CC=Cc2cc(N3CCSCC3)ccc21. The van der Waals surface area contributed by atoms with E-state index in [2.05, 4.69) is 46.2 Å². The van der Waals surface area contributed by atoms with Crippen LogP contribution in [0.4, 0.5) is 11.4 Å². The van der Waals surface area contributed by atoms with Gasteiger partial charge < -0.3 is 14.7 Å². The zero-order valence-electron chi connectivity index (χ0n) is 14.6. The molecule has 2 saturated heterocycles. The summed E-state index contributed by atoms with van der Waals surface area (Å²) in [5, 5.41) is 9.22. The molecule has 7 heteroatoms. The molecular formula is C19H22N4OS2. The Morgan fingerprint density at radius 2 is 2.12 bits per heavy atom. The summed E-state index contributed by atoms with van der Waals surface area (Å²) in [7, 11) is 0. The number of thioether (sulfide) groups is 2. The van der Waals surface area contributed by atoms with Crippen LogP contribution in [0.1, 0.15) is 5.56 Å². The minimum absolute atomic E-state index is 0.0416. The number of fused-ring (bicyclic) bond motifs is 1. The number of benzene rings is 1. The van der Waals surface area contributed by atoms with Crippen molar-refractivity contribution in [3.8, 4) is 6.07 Å². The summed E-state index contributed by atoms with van der Waals surface area (Å²) in [4.78, 5) is 19.0. The summed E-state index contributed by atoms with van der Waals surface area (Å²) in [6.07, 6.45) is 4.27. The van der Waals surface area contributed by atoms with Gasteiger partial charge in [-0.1, -0.05) is 12.2 Å². The van der Waals surface area contributed by atoms with E-state index in [0.29, 0.717) is 12.4 Å². The first-order valence-electron chi connectivity index (χ1n) is 8.91. The first-order chi connectivity index (χ1) is 12.8.